The van der Waals surface area contributed by atoms with Gasteiger partial charge in [-0.3, -0.25) is 0 Å². The molecule has 0 N–H and O–H groups in total. The number of halogens is 3. The molecule has 1 aliphatic carbocycles. The van der Waals surface area contributed by atoms with Gasteiger partial charge in [0.1, 0.15) is 0 Å². The lowest BCUT2D eigenvalue weighted by Crippen LogP contribution is -2.14. The fourth-order valence-electron chi connectivity index (χ4n) is 4.92. The highest BCUT2D eigenvalue weighted by Crippen LogP contribution is 2.40. The topological polar surface area (TPSA) is 0 Å². The highest BCUT2D eigenvalue weighted by atomic mass is 19.2. The molecule has 0 nitrogen and oxygen atoms in total. The number of terminal acetylenes is 1. The van der Waals surface area contributed by atoms with Crippen molar-refractivity contribution in [2.24, 2.45) is 5.92 Å². The quantitative estimate of drug-likeness (QED) is 0.304. The number of rotatable bonds is 4. The van der Waals surface area contributed by atoms with Gasteiger partial charge in [-0.1, -0.05) is 50.0 Å². The van der Waals surface area contributed by atoms with Gasteiger partial charge in [-0.05, 0) is 83.2 Å². The van der Waals surface area contributed by atoms with Gasteiger partial charge in [0.2, 0.25) is 0 Å². The Labute approximate surface area is 176 Å². The van der Waals surface area contributed by atoms with Crippen molar-refractivity contribution in [1.29, 1.82) is 0 Å². The zero-order valence-corrected chi connectivity index (χ0v) is 17.2. The number of fused-ring (bicyclic) bond motifs is 1. The van der Waals surface area contributed by atoms with Crippen LogP contribution in [0.3, 0.4) is 0 Å². The van der Waals surface area contributed by atoms with E-state index in [2.05, 4.69) is 18.9 Å². The zero-order valence-electron chi connectivity index (χ0n) is 17.2. The van der Waals surface area contributed by atoms with E-state index in [4.69, 9.17) is 6.42 Å². The smallest absolute Gasteiger partial charge is 0.194 e. The van der Waals surface area contributed by atoms with Crippen LogP contribution in [-0.4, -0.2) is 0 Å². The molecule has 0 saturated heterocycles. The van der Waals surface area contributed by atoms with Gasteiger partial charge in [0.25, 0.3) is 0 Å². The van der Waals surface area contributed by atoms with Gasteiger partial charge in [0.15, 0.2) is 17.5 Å². The maximum Gasteiger partial charge on any atom is 0.194 e. The second-order valence-corrected chi connectivity index (χ2v) is 8.37. The van der Waals surface area contributed by atoms with Gasteiger partial charge in [-0.15, -0.1) is 6.42 Å². The molecule has 30 heavy (non-hydrogen) atoms. The molecule has 154 valence electrons. The first-order valence-electron chi connectivity index (χ1n) is 10.7. The fraction of sp³-hybridized carbons (Fsp3) is 0.333. The van der Waals surface area contributed by atoms with Crippen molar-refractivity contribution in [2.45, 2.75) is 51.4 Å². The Morgan fingerprint density at radius 2 is 1.60 bits per heavy atom. The molecule has 3 aromatic rings. The number of hydrogen-bond donors (Lipinski definition) is 0. The second-order valence-electron chi connectivity index (χ2n) is 8.37. The Hall–Kier alpha value is -2.73. The first-order valence-corrected chi connectivity index (χ1v) is 10.7. The Morgan fingerprint density at radius 1 is 0.900 bits per heavy atom. The van der Waals surface area contributed by atoms with Crippen LogP contribution in [0, 0.1) is 35.7 Å². The predicted octanol–water partition coefficient (Wildman–Crippen LogP) is 7.98. The average Bonchev–Trinajstić information content (AvgIpc) is 2.76. The lowest BCUT2D eigenvalue weighted by atomic mass is 9.75. The SMILES string of the molecule is C#Cc1c(C2CCC(CCC)CC2)ccc2cc(-c3cc(F)c(F)c(F)c3)ccc12. The minimum absolute atomic E-state index is 0.300. The standard InChI is InChI=1S/C27H25F3/c1-3-5-17-6-8-18(9-7-17)23-13-11-20-14-19(10-12-24(20)22(23)4-2)21-15-25(28)27(30)26(29)16-21/h2,10-18H,3,5-9H2,1H3. The van der Waals surface area contributed by atoms with Crippen molar-refractivity contribution in [3.05, 3.63) is 71.0 Å². The summed E-state index contributed by atoms with van der Waals surface area (Å²) in [7, 11) is 0. The van der Waals surface area contributed by atoms with Crippen LogP contribution in [0.15, 0.2) is 42.5 Å². The van der Waals surface area contributed by atoms with Crippen molar-refractivity contribution in [3.8, 4) is 23.5 Å². The molecule has 3 heteroatoms. The molecule has 0 aromatic heterocycles. The molecule has 1 aliphatic rings. The predicted molar refractivity (Wildman–Crippen MR) is 117 cm³/mol. The van der Waals surface area contributed by atoms with E-state index in [0.29, 0.717) is 17.0 Å². The summed E-state index contributed by atoms with van der Waals surface area (Å²) in [5.74, 6) is 0.367. The average molecular weight is 406 g/mol. The van der Waals surface area contributed by atoms with Gasteiger partial charge >= 0.3 is 0 Å². The molecule has 3 aromatic carbocycles. The van der Waals surface area contributed by atoms with Crippen molar-refractivity contribution in [3.63, 3.8) is 0 Å². The fourth-order valence-corrected chi connectivity index (χ4v) is 4.92. The summed E-state index contributed by atoms with van der Waals surface area (Å²) < 4.78 is 40.6. The van der Waals surface area contributed by atoms with Crippen LogP contribution in [0.25, 0.3) is 21.9 Å². The second kappa shape index (κ2) is 8.56. The molecule has 1 saturated carbocycles. The van der Waals surface area contributed by atoms with Crippen LogP contribution in [0.4, 0.5) is 13.2 Å². The molecule has 0 amide bonds. The Balaban J connectivity index is 1.69. The van der Waals surface area contributed by atoms with Crippen molar-refractivity contribution >= 4 is 10.8 Å². The summed E-state index contributed by atoms with van der Waals surface area (Å²) in [6, 6.07) is 11.7. The van der Waals surface area contributed by atoms with E-state index in [1.54, 1.807) is 6.07 Å². The Kier molecular flexibility index (Phi) is 5.86. The third kappa shape index (κ3) is 3.84. The van der Waals surface area contributed by atoms with Crippen LogP contribution in [0.2, 0.25) is 0 Å². The van der Waals surface area contributed by atoms with E-state index in [1.165, 1.54) is 31.2 Å². The Bertz CT molecular complexity index is 1090. The lowest BCUT2D eigenvalue weighted by Gasteiger charge is -2.29. The van der Waals surface area contributed by atoms with Crippen LogP contribution >= 0.6 is 0 Å². The summed E-state index contributed by atoms with van der Waals surface area (Å²) in [5.41, 5.74) is 3.06. The summed E-state index contributed by atoms with van der Waals surface area (Å²) in [5, 5.41) is 1.88. The van der Waals surface area contributed by atoms with E-state index < -0.39 is 17.5 Å². The molecule has 4 rings (SSSR count). The van der Waals surface area contributed by atoms with Crippen molar-refractivity contribution in [1.82, 2.24) is 0 Å². The van der Waals surface area contributed by atoms with Gasteiger partial charge in [-0.25, -0.2) is 13.2 Å². The van der Waals surface area contributed by atoms with Gasteiger partial charge < -0.3 is 0 Å². The van der Waals surface area contributed by atoms with Crippen LogP contribution in [0.1, 0.15) is 62.5 Å². The molecule has 0 heterocycles. The molecular formula is C27H25F3. The maximum absolute atomic E-state index is 13.7. The van der Waals surface area contributed by atoms with Gasteiger partial charge in [0, 0.05) is 5.56 Å². The molecule has 1 fully saturated rings. The lowest BCUT2D eigenvalue weighted by molar-refractivity contribution is 0.308. The van der Waals surface area contributed by atoms with E-state index >= 15 is 0 Å². The highest BCUT2D eigenvalue weighted by molar-refractivity contribution is 5.92. The zero-order chi connectivity index (χ0) is 21.3. The van der Waals surface area contributed by atoms with E-state index in [-0.39, 0.29) is 0 Å². The summed E-state index contributed by atoms with van der Waals surface area (Å²) in [4.78, 5) is 0. The first kappa shape index (κ1) is 20.5. The minimum atomic E-state index is -1.45. The monoisotopic (exact) mass is 406 g/mol. The summed E-state index contributed by atoms with van der Waals surface area (Å²) >= 11 is 0. The highest BCUT2D eigenvalue weighted by Gasteiger charge is 2.24. The van der Waals surface area contributed by atoms with Crippen LogP contribution < -0.4 is 0 Å². The minimum Gasteiger partial charge on any atom is -0.204 e. The molecule has 0 bridgehead atoms. The third-order valence-electron chi connectivity index (χ3n) is 6.50. The van der Waals surface area contributed by atoms with Crippen molar-refractivity contribution in [2.75, 3.05) is 0 Å². The summed E-state index contributed by atoms with van der Waals surface area (Å²) in [6.07, 6.45) is 13.3. The van der Waals surface area contributed by atoms with Crippen molar-refractivity contribution < 1.29 is 13.2 Å². The van der Waals surface area contributed by atoms with Gasteiger partial charge in [0.05, 0.1) is 0 Å². The molecular weight excluding hydrogens is 381 g/mol. The van der Waals surface area contributed by atoms with Crippen LogP contribution in [0.5, 0.6) is 0 Å². The first-order chi connectivity index (χ1) is 14.5. The van der Waals surface area contributed by atoms with E-state index in [0.717, 1.165) is 47.2 Å². The number of benzene rings is 3. The molecule has 0 atom stereocenters. The molecule has 0 aliphatic heterocycles. The maximum atomic E-state index is 13.7. The normalized spacial score (nSPS) is 19.0. The molecule has 0 radical (unpaired) electrons. The van der Waals surface area contributed by atoms with Gasteiger partial charge in [-0.2, -0.15) is 0 Å². The third-order valence-corrected chi connectivity index (χ3v) is 6.50. The molecule has 0 spiro atoms. The largest absolute Gasteiger partial charge is 0.204 e. The van der Waals surface area contributed by atoms with E-state index in [9.17, 15) is 13.2 Å². The van der Waals surface area contributed by atoms with Crippen LogP contribution in [-0.2, 0) is 0 Å². The molecule has 0 unspecified atom stereocenters. The summed E-state index contributed by atoms with van der Waals surface area (Å²) in [6.45, 7) is 2.24. The number of hydrogen-bond acceptors (Lipinski definition) is 0. The van der Waals surface area contributed by atoms with E-state index in [1.807, 2.05) is 18.2 Å². The Morgan fingerprint density at radius 3 is 2.23 bits per heavy atom.